The number of benzene rings is 2. The normalized spacial score (nSPS) is 11.4. The lowest BCUT2D eigenvalue weighted by Gasteiger charge is -2.19. The van der Waals surface area contributed by atoms with Crippen molar-refractivity contribution < 1.29 is 23.0 Å². The lowest BCUT2D eigenvalue weighted by Crippen LogP contribution is -2.19. The Morgan fingerprint density at radius 2 is 1.90 bits per heavy atom. The van der Waals surface area contributed by atoms with Gasteiger partial charge in [0.1, 0.15) is 17.4 Å². The smallest absolute Gasteiger partial charge is 0.307 e. The largest absolute Gasteiger partial charge is 0.493 e. The Labute approximate surface area is 182 Å². The minimum Gasteiger partial charge on any atom is -0.493 e. The molecule has 0 saturated heterocycles. The number of halogens is 3. The van der Waals surface area contributed by atoms with Gasteiger partial charge in [-0.15, -0.1) is 19.0 Å². The van der Waals surface area contributed by atoms with Gasteiger partial charge in [0.15, 0.2) is 0 Å². The van der Waals surface area contributed by atoms with Crippen LogP contribution in [-0.4, -0.2) is 19.2 Å². The van der Waals surface area contributed by atoms with Gasteiger partial charge in [-0.05, 0) is 62.1 Å². The van der Waals surface area contributed by atoms with Gasteiger partial charge in [0.25, 0.3) is 0 Å². The summed E-state index contributed by atoms with van der Waals surface area (Å²) in [4.78, 5) is 11.8. The number of esters is 1. The third-order valence-corrected chi connectivity index (χ3v) is 4.51. The maximum atomic E-state index is 14.8. The van der Waals surface area contributed by atoms with Crippen LogP contribution < -0.4 is 10.5 Å². The van der Waals surface area contributed by atoms with Gasteiger partial charge < -0.3 is 15.2 Å². The highest BCUT2D eigenvalue weighted by Crippen LogP contribution is 2.37. The highest BCUT2D eigenvalue weighted by Gasteiger charge is 2.21. The summed E-state index contributed by atoms with van der Waals surface area (Å²) >= 11 is 0. The summed E-state index contributed by atoms with van der Waals surface area (Å²) in [6.07, 6.45) is 2.17. The number of carbonyl (C=O) groups excluding carboxylic acids is 1. The van der Waals surface area contributed by atoms with Gasteiger partial charge in [0, 0.05) is 23.2 Å². The highest BCUT2D eigenvalue weighted by molar-refractivity contribution is 5.85. The zero-order valence-electron chi connectivity index (χ0n) is 17.5. The van der Waals surface area contributed by atoms with Gasteiger partial charge in [0.2, 0.25) is 0 Å². The average molecular weight is 440 g/mol. The van der Waals surface area contributed by atoms with Crippen LogP contribution >= 0.6 is 12.4 Å². The summed E-state index contributed by atoms with van der Waals surface area (Å²) < 4.78 is 39.4. The first-order chi connectivity index (χ1) is 13.8. The molecule has 0 aliphatic carbocycles. The molecule has 164 valence electrons. The number of rotatable bonds is 9. The molecule has 4 nitrogen and oxygen atoms in total. The van der Waals surface area contributed by atoms with Gasteiger partial charge in [0.05, 0.1) is 19.6 Å². The number of hydrogen-bond donors (Lipinski definition) is 1. The van der Waals surface area contributed by atoms with E-state index in [4.69, 9.17) is 15.2 Å². The number of carbonyl (C=O) groups is 1. The van der Waals surface area contributed by atoms with Crippen molar-refractivity contribution in [1.29, 1.82) is 0 Å². The van der Waals surface area contributed by atoms with Gasteiger partial charge in [-0.2, -0.15) is 0 Å². The molecule has 0 aromatic heterocycles. The van der Waals surface area contributed by atoms with Crippen LogP contribution in [0.3, 0.4) is 0 Å². The maximum Gasteiger partial charge on any atom is 0.307 e. The standard InChI is InChI=1S/C23H27F2NO3.ClH/c1-5-7-8-29-20-12-17(24)10-14(3)22(20)16-9-15(4)23(25)18(11-16)19(26)13-21(27)28-6-2;/h5,9-12,19H,1,6-8,13,26H2,2-4H3;1H/t19-;/m0./s1. The molecular formula is C23H28ClF2NO3. The summed E-state index contributed by atoms with van der Waals surface area (Å²) in [6.45, 7) is 9.30. The van der Waals surface area contributed by atoms with E-state index in [0.29, 0.717) is 41.0 Å². The van der Waals surface area contributed by atoms with Gasteiger partial charge >= 0.3 is 5.97 Å². The predicted molar refractivity (Wildman–Crippen MR) is 117 cm³/mol. The average Bonchev–Trinajstić information content (AvgIpc) is 2.64. The summed E-state index contributed by atoms with van der Waals surface area (Å²) in [5.41, 5.74) is 8.62. The molecule has 0 heterocycles. The third-order valence-electron chi connectivity index (χ3n) is 4.51. The Hall–Kier alpha value is -2.44. The van der Waals surface area contributed by atoms with Crippen molar-refractivity contribution in [3.05, 3.63) is 65.2 Å². The van der Waals surface area contributed by atoms with E-state index in [1.807, 2.05) is 0 Å². The molecule has 1 atom stereocenters. The van der Waals surface area contributed by atoms with E-state index in [-0.39, 0.29) is 31.0 Å². The van der Waals surface area contributed by atoms with Crippen LogP contribution in [0.5, 0.6) is 5.75 Å². The van der Waals surface area contributed by atoms with Crippen molar-refractivity contribution in [3.63, 3.8) is 0 Å². The van der Waals surface area contributed by atoms with Gasteiger partial charge in [-0.1, -0.05) is 6.08 Å². The van der Waals surface area contributed by atoms with Crippen LogP contribution in [0.15, 0.2) is 36.9 Å². The molecule has 0 aliphatic heterocycles. The van der Waals surface area contributed by atoms with Crippen molar-refractivity contribution in [2.24, 2.45) is 5.73 Å². The fraction of sp³-hybridized carbons (Fsp3) is 0.348. The Morgan fingerprint density at radius 3 is 2.53 bits per heavy atom. The molecule has 0 fully saturated rings. The zero-order chi connectivity index (χ0) is 21.6. The molecule has 7 heteroatoms. The van der Waals surface area contributed by atoms with Crippen LogP contribution in [0.4, 0.5) is 8.78 Å². The SMILES string of the molecule is C=CCCOc1cc(F)cc(C)c1-c1cc(C)c(F)c([C@@H](N)CC(=O)OCC)c1.Cl. The number of aryl methyl sites for hydroxylation is 2. The van der Waals surface area contributed by atoms with Gasteiger partial charge in [-0.25, -0.2) is 8.78 Å². The summed E-state index contributed by atoms with van der Waals surface area (Å²) in [5.74, 6) is -1.02. The predicted octanol–water partition coefficient (Wildman–Crippen LogP) is 5.58. The summed E-state index contributed by atoms with van der Waals surface area (Å²) in [6, 6.07) is 5.09. The fourth-order valence-corrected chi connectivity index (χ4v) is 3.17. The highest BCUT2D eigenvalue weighted by atomic mass is 35.5. The first kappa shape index (κ1) is 25.6. The van der Waals surface area contributed by atoms with E-state index >= 15 is 0 Å². The Bertz CT molecular complexity index is 903. The molecule has 0 amide bonds. The van der Waals surface area contributed by atoms with E-state index in [9.17, 15) is 13.6 Å². The minimum absolute atomic E-state index is 0. The van der Waals surface area contributed by atoms with Crippen LogP contribution in [0.25, 0.3) is 11.1 Å². The Kier molecular flexibility index (Phi) is 9.96. The number of ether oxygens (including phenoxy) is 2. The molecule has 0 aliphatic rings. The molecule has 0 spiro atoms. The first-order valence-electron chi connectivity index (χ1n) is 9.53. The van der Waals surface area contributed by atoms with Crippen LogP contribution in [-0.2, 0) is 9.53 Å². The lowest BCUT2D eigenvalue weighted by molar-refractivity contribution is -0.143. The third kappa shape index (κ3) is 6.28. The summed E-state index contributed by atoms with van der Waals surface area (Å²) in [7, 11) is 0. The second kappa shape index (κ2) is 11.7. The zero-order valence-corrected chi connectivity index (χ0v) is 18.3. The van der Waals surface area contributed by atoms with Crippen molar-refractivity contribution in [1.82, 2.24) is 0 Å². The van der Waals surface area contributed by atoms with E-state index in [2.05, 4.69) is 6.58 Å². The quantitative estimate of drug-likeness (QED) is 0.315. The molecular weight excluding hydrogens is 412 g/mol. The topological polar surface area (TPSA) is 61.5 Å². The molecule has 2 rings (SSSR count). The Balaban J connectivity index is 0.00000450. The Morgan fingerprint density at radius 1 is 1.20 bits per heavy atom. The minimum atomic E-state index is -0.862. The van der Waals surface area contributed by atoms with Crippen molar-refractivity contribution in [2.75, 3.05) is 13.2 Å². The van der Waals surface area contributed by atoms with Gasteiger partial charge in [-0.3, -0.25) is 4.79 Å². The lowest BCUT2D eigenvalue weighted by atomic mass is 9.92. The molecule has 2 N–H and O–H groups in total. The molecule has 0 unspecified atom stereocenters. The fourth-order valence-electron chi connectivity index (χ4n) is 3.17. The number of hydrogen-bond acceptors (Lipinski definition) is 4. The van der Waals surface area contributed by atoms with E-state index in [1.54, 1.807) is 39.0 Å². The molecule has 2 aromatic carbocycles. The molecule has 30 heavy (non-hydrogen) atoms. The monoisotopic (exact) mass is 439 g/mol. The van der Waals surface area contributed by atoms with Crippen molar-refractivity contribution in [2.45, 2.75) is 39.7 Å². The van der Waals surface area contributed by atoms with E-state index in [0.717, 1.165) is 0 Å². The number of nitrogens with two attached hydrogens (primary N) is 1. The van der Waals surface area contributed by atoms with Crippen LogP contribution in [0.1, 0.15) is 42.5 Å². The van der Waals surface area contributed by atoms with Crippen molar-refractivity contribution >= 4 is 18.4 Å². The van der Waals surface area contributed by atoms with E-state index in [1.165, 1.54) is 12.1 Å². The molecule has 0 radical (unpaired) electrons. The second-order valence-corrected chi connectivity index (χ2v) is 6.83. The molecule has 2 aromatic rings. The first-order valence-corrected chi connectivity index (χ1v) is 9.53. The summed E-state index contributed by atoms with van der Waals surface area (Å²) in [5, 5.41) is 0. The maximum absolute atomic E-state index is 14.8. The van der Waals surface area contributed by atoms with Crippen LogP contribution in [0.2, 0.25) is 0 Å². The second-order valence-electron chi connectivity index (χ2n) is 6.83. The molecule has 0 saturated carbocycles. The van der Waals surface area contributed by atoms with E-state index < -0.39 is 23.6 Å². The molecule has 0 bridgehead atoms. The van der Waals surface area contributed by atoms with Crippen molar-refractivity contribution in [3.8, 4) is 16.9 Å². The van der Waals surface area contributed by atoms with Crippen LogP contribution in [0, 0.1) is 25.5 Å².